The molecule has 0 N–H and O–H groups in total. The van der Waals surface area contributed by atoms with Gasteiger partial charge in [-0.1, -0.05) is 11.8 Å². The minimum atomic E-state index is -0.335. The normalized spacial score (nSPS) is 14.0. The molecule has 176 valence electrons. The molecule has 2 amide bonds. The summed E-state index contributed by atoms with van der Waals surface area (Å²) in [6, 6.07) is 0. The molecule has 0 atom stereocenters. The number of hydrogen-bond donors (Lipinski definition) is 0. The lowest BCUT2D eigenvalue weighted by Crippen LogP contribution is -2.51. The summed E-state index contributed by atoms with van der Waals surface area (Å²) in [7, 11) is 4.98. The van der Waals surface area contributed by atoms with Crippen molar-refractivity contribution >= 4 is 23.8 Å². The molecule has 0 radical (unpaired) electrons. The van der Waals surface area contributed by atoms with Crippen molar-refractivity contribution in [3.05, 3.63) is 6.20 Å². The number of aryl methyl sites for hydroxylation is 1. The third-order valence-electron chi connectivity index (χ3n) is 4.95. The van der Waals surface area contributed by atoms with Gasteiger partial charge >= 0.3 is 6.09 Å². The zero-order valence-electron chi connectivity index (χ0n) is 18.8. The number of carbonyl (C=O) groups is 2. The smallest absolute Gasteiger partial charge is 0.409 e. The number of aromatic nitrogens is 5. The first-order valence-electron chi connectivity index (χ1n) is 10.3. The van der Waals surface area contributed by atoms with Gasteiger partial charge in [-0.3, -0.25) is 14.0 Å². The van der Waals surface area contributed by atoms with E-state index in [-0.39, 0.29) is 17.8 Å². The molecule has 1 saturated heterocycles. The summed E-state index contributed by atoms with van der Waals surface area (Å²) in [5.74, 6) is 1.25. The molecule has 0 bridgehead atoms. The van der Waals surface area contributed by atoms with Gasteiger partial charge in [0.15, 0.2) is 11.0 Å². The van der Waals surface area contributed by atoms with Gasteiger partial charge in [0.1, 0.15) is 5.56 Å². The molecule has 3 heterocycles. The van der Waals surface area contributed by atoms with E-state index in [1.807, 2.05) is 10.8 Å². The molecule has 13 heteroatoms. The Bertz CT molecular complexity index is 923. The summed E-state index contributed by atoms with van der Waals surface area (Å²) in [6.45, 7) is 4.98. The van der Waals surface area contributed by atoms with Crippen LogP contribution in [0.1, 0.15) is 6.92 Å². The number of thioether (sulfide) groups is 1. The van der Waals surface area contributed by atoms with Gasteiger partial charge in [-0.2, -0.15) is 0 Å². The number of methoxy groups -OCH3 is 2. The minimum Gasteiger partial charge on any atom is -0.479 e. The average Bonchev–Trinajstić information content (AvgIpc) is 3.38. The van der Waals surface area contributed by atoms with Crippen LogP contribution < -0.4 is 4.74 Å². The van der Waals surface area contributed by atoms with E-state index in [0.29, 0.717) is 68.4 Å². The van der Waals surface area contributed by atoms with Crippen molar-refractivity contribution in [3.63, 3.8) is 0 Å². The highest BCUT2D eigenvalue weighted by Crippen LogP contribution is 2.30. The van der Waals surface area contributed by atoms with Crippen molar-refractivity contribution in [2.75, 3.05) is 59.4 Å². The minimum absolute atomic E-state index is 0.0136. The Morgan fingerprint density at radius 3 is 2.50 bits per heavy atom. The zero-order valence-corrected chi connectivity index (χ0v) is 19.6. The maximum Gasteiger partial charge on any atom is 0.409 e. The third-order valence-corrected chi connectivity index (χ3v) is 5.90. The Balaban J connectivity index is 1.65. The molecule has 1 aliphatic heterocycles. The Kier molecular flexibility index (Phi) is 8.33. The van der Waals surface area contributed by atoms with E-state index in [1.165, 1.54) is 11.8 Å². The molecule has 2 aromatic rings. The second-order valence-electron chi connectivity index (χ2n) is 7.03. The van der Waals surface area contributed by atoms with Gasteiger partial charge in [0.05, 0.1) is 32.6 Å². The summed E-state index contributed by atoms with van der Waals surface area (Å²) in [5, 5.41) is 13.5. The molecule has 0 aromatic carbocycles. The van der Waals surface area contributed by atoms with Gasteiger partial charge in [-0.15, -0.1) is 15.3 Å². The average molecular weight is 468 g/mol. The molecule has 1 aliphatic rings. The van der Waals surface area contributed by atoms with Crippen LogP contribution in [0.4, 0.5) is 4.79 Å². The second-order valence-corrected chi connectivity index (χ2v) is 7.97. The fraction of sp³-hybridized carbons (Fsp3) is 0.632. The van der Waals surface area contributed by atoms with Crippen molar-refractivity contribution in [3.8, 4) is 17.3 Å². The number of hydrogen-bond acceptors (Lipinski definition) is 9. The maximum absolute atomic E-state index is 12.7. The highest BCUT2D eigenvalue weighted by Gasteiger charge is 2.26. The topological polar surface area (TPSA) is 117 Å². The Labute approximate surface area is 190 Å². The fourth-order valence-electron chi connectivity index (χ4n) is 3.32. The number of amides is 2. The molecule has 0 aliphatic carbocycles. The predicted molar refractivity (Wildman–Crippen MR) is 117 cm³/mol. The summed E-state index contributed by atoms with van der Waals surface area (Å²) in [6.07, 6.45) is 1.48. The lowest BCUT2D eigenvalue weighted by atomic mass is 10.3. The number of piperazine rings is 1. The SMILES string of the molecule is CCOC(=O)N1CCN(C(=O)CSc2nnc(-c3cn(C)nc3OC)n2CCOC)CC1. The van der Waals surface area contributed by atoms with E-state index in [2.05, 4.69) is 15.3 Å². The first-order valence-corrected chi connectivity index (χ1v) is 11.3. The number of rotatable bonds is 9. The van der Waals surface area contributed by atoms with Crippen molar-refractivity contribution in [1.82, 2.24) is 34.3 Å². The largest absolute Gasteiger partial charge is 0.479 e. The predicted octanol–water partition coefficient (Wildman–Crippen LogP) is 0.726. The first-order chi connectivity index (χ1) is 15.5. The molecule has 0 saturated carbocycles. The van der Waals surface area contributed by atoms with E-state index in [9.17, 15) is 9.59 Å². The Morgan fingerprint density at radius 2 is 1.84 bits per heavy atom. The quantitative estimate of drug-likeness (QED) is 0.492. The van der Waals surface area contributed by atoms with Crippen LogP contribution in [0, 0.1) is 0 Å². The van der Waals surface area contributed by atoms with Gasteiger partial charge in [-0.05, 0) is 6.92 Å². The van der Waals surface area contributed by atoms with Crippen molar-refractivity contribution in [2.45, 2.75) is 18.6 Å². The highest BCUT2D eigenvalue weighted by atomic mass is 32.2. The van der Waals surface area contributed by atoms with E-state index in [1.54, 1.807) is 42.7 Å². The number of carbonyl (C=O) groups excluding carboxylic acids is 2. The summed E-state index contributed by atoms with van der Waals surface area (Å²) < 4.78 is 19.2. The van der Waals surface area contributed by atoms with Gasteiger partial charge in [-0.25, -0.2) is 4.79 Å². The van der Waals surface area contributed by atoms with Crippen molar-refractivity contribution < 1.29 is 23.8 Å². The molecule has 0 unspecified atom stereocenters. The molecular formula is C19H29N7O5S. The van der Waals surface area contributed by atoms with Gasteiger partial charge < -0.3 is 24.0 Å². The van der Waals surface area contributed by atoms with Crippen LogP contribution >= 0.6 is 11.8 Å². The molecule has 12 nitrogen and oxygen atoms in total. The Hall–Kier alpha value is -2.80. The lowest BCUT2D eigenvalue weighted by Gasteiger charge is -2.34. The van der Waals surface area contributed by atoms with E-state index in [0.717, 1.165) is 0 Å². The molecule has 2 aromatic heterocycles. The lowest BCUT2D eigenvalue weighted by molar-refractivity contribution is -0.129. The Morgan fingerprint density at radius 1 is 1.12 bits per heavy atom. The number of ether oxygens (including phenoxy) is 3. The maximum atomic E-state index is 12.7. The van der Waals surface area contributed by atoms with Crippen LogP contribution in [0.5, 0.6) is 5.88 Å². The van der Waals surface area contributed by atoms with Crippen LogP contribution in [-0.4, -0.2) is 106 Å². The summed E-state index contributed by atoms with van der Waals surface area (Å²) >= 11 is 1.32. The van der Waals surface area contributed by atoms with E-state index in [4.69, 9.17) is 14.2 Å². The second kappa shape index (κ2) is 11.2. The summed E-state index contributed by atoms with van der Waals surface area (Å²) in [5.41, 5.74) is 0.715. The highest BCUT2D eigenvalue weighted by molar-refractivity contribution is 7.99. The van der Waals surface area contributed by atoms with Crippen LogP contribution in [0.2, 0.25) is 0 Å². The molecule has 0 spiro atoms. The standard InChI is InChI=1S/C19H29N7O5S/c1-5-31-19(28)25-8-6-24(7-9-25)15(27)13-32-18-21-20-16(26(18)10-11-29-3)14-12-23(2)22-17(14)30-4/h12H,5-11,13H2,1-4H3. The number of nitrogens with zero attached hydrogens (tertiary/aromatic N) is 7. The fourth-order valence-corrected chi connectivity index (χ4v) is 4.19. The molecular weight excluding hydrogens is 438 g/mol. The molecule has 1 fully saturated rings. The first kappa shape index (κ1) is 23.9. The van der Waals surface area contributed by atoms with Crippen LogP contribution in [-0.2, 0) is 27.9 Å². The molecule has 3 rings (SSSR count). The van der Waals surface area contributed by atoms with Crippen molar-refractivity contribution in [2.24, 2.45) is 7.05 Å². The van der Waals surface area contributed by atoms with Crippen LogP contribution in [0.25, 0.3) is 11.4 Å². The van der Waals surface area contributed by atoms with Gasteiger partial charge in [0.2, 0.25) is 11.8 Å². The van der Waals surface area contributed by atoms with Crippen molar-refractivity contribution in [1.29, 1.82) is 0 Å². The summed E-state index contributed by atoms with van der Waals surface area (Å²) in [4.78, 5) is 27.9. The zero-order chi connectivity index (χ0) is 23.1. The monoisotopic (exact) mass is 467 g/mol. The van der Waals surface area contributed by atoms with Crippen LogP contribution in [0.3, 0.4) is 0 Å². The van der Waals surface area contributed by atoms with E-state index >= 15 is 0 Å². The van der Waals surface area contributed by atoms with Gasteiger partial charge in [0.25, 0.3) is 0 Å². The van der Waals surface area contributed by atoms with E-state index < -0.39 is 0 Å². The van der Waals surface area contributed by atoms with Gasteiger partial charge in [0, 0.05) is 46.5 Å². The molecule has 32 heavy (non-hydrogen) atoms. The third kappa shape index (κ3) is 5.51. The van der Waals surface area contributed by atoms with Crippen LogP contribution in [0.15, 0.2) is 11.4 Å².